The van der Waals surface area contributed by atoms with E-state index in [-0.39, 0.29) is 16.6 Å². The van der Waals surface area contributed by atoms with Gasteiger partial charge in [-0.25, -0.2) is 4.98 Å². The van der Waals surface area contributed by atoms with Gasteiger partial charge in [0, 0.05) is 12.1 Å². The molecule has 0 spiro atoms. The van der Waals surface area contributed by atoms with E-state index in [1.807, 2.05) is 56.3 Å². The fourth-order valence-corrected chi connectivity index (χ4v) is 3.92. The lowest BCUT2D eigenvalue weighted by Crippen LogP contribution is -2.24. The van der Waals surface area contributed by atoms with Crippen molar-refractivity contribution in [1.82, 2.24) is 9.55 Å². The molecule has 4 nitrogen and oxygen atoms in total. The summed E-state index contributed by atoms with van der Waals surface area (Å²) in [6, 6.07) is 15.0. The van der Waals surface area contributed by atoms with Crippen LogP contribution in [-0.2, 0) is 13.0 Å². The minimum Gasteiger partial charge on any atom is -0.293 e. The predicted octanol–water partition coefficient (Wildman–Crippen LogP) is 4.34. The first-order valence-electron chi connectivity index (χ1n) is 8.84. The summed E-state index contributed by atoms with van der Waals surface area (Å²) in [6.45, 7) is 6.38. The SMILES string of the molecule is CCc1ccc(C(=O)[C@@H](C)Sc2nc3ccccc3c(=O)n2CC)cc1. The van der Waals surface area contributed by atoms with Crippen molar-refractivity contribution in [2.45, 2.75) is 44.1 Å². The van der Waals surface area contributed by atoms with E-state index in [4.69, 9.17) is 0 Å². The normalized spacial score (nSPS) is 12.3. The van der Waals surface area contributed by atoms with Crippen molar-refractivity contribution in [2.24, 2.45) is 0 Å². The van der Waals surface area contributed by atoms with Gasteiger partial charge in [0.25, 0.3) is 5.56 Å². The lowest BCUT2D eigenvalue weighted by atomic mass is 10.1. The third kappa shape index (κ3) is 3.58. The number of rotatable bonds is 6. The number of carbonyl (C=O) groups excluding carboxylic acids is 1. The van der Waals surface area contributed by atoms with Crippen LogP contribution in [-0.4, -0.2) is 20.6 Å². The fourth-order valence-electron chi connectivity index (χ4n) is 2.87. The van der Waals surface area contributed by atoms with Crippen LogP contribution in [0.25, 0.3) is 10.9 Å². The third-order valence-corrected chi connectivity index (χ3v) is 5.53. The molecule has 0 bridgehead atoms. The van der Waals surface area contributed by atoms with Gasteiger partial charge in [0.05, 0.1) is 16.2 Å². The highest BCUT2D eigenvalue weighted by molar-refractivity contribution is 8.00. The first kappa shape index (κ1) is 18.4. The van der Waals surface area contributed by atoms with Crippen molar-refractivity contribution in [2.75, 3.05) is 0 Å². The molecule has 26 heavy (non-hydrogen) atoms. The second-order valence-electron chi connectivity index (χ2n) is 6.14. The van der Waals surface area contributed by atoms with Gasteiger partial charge in [-0.05, 0) is 38.0 Å². The van der Waals surface area contributed by atoms with Gasteiger partial charge in [-0.1, -0.05) is 55.1 Å². The Hall–Kier alpha value is -2.40. The molecule has 3 aromatic rings. The summed E-state index contributed by atoms with van der Waals surface area (Å²) in [5.74, 6) is 0.0442. The summed E-state index contributed by atoms with van der Waals surface area (Å²) in [4.78, 5) is 30.1. The highest BCUT2D eigenvalue weighted by Crippen LogP contribution is 2.25. The van der Waals surface area contributed by atoms with Crippen LogP contribution in [0.4, 0.5) is 0 Å². The summed E-state index contributed by atoms with van der Waals surface area (Å²) in [5.41, 5.74) is 2.50. The maximum atomic E-state index is 12.8. The number of benzene rings is 2. The molecule has 134 valence electrons. The van der Waals surface area contributed by atoms with E-state index in [0.29, 0.717) is 28.2 Å². The molecule has 1 heterocycles. The molecule has 0 saturated heterocycles. The van der Waals surface area contributed by atoms with E-state index < -0.39 is 0 Å². The van der Waals surface area contributed by atoms with Gasteiger partial charge in [-0.15, -0.1) is 0 Å². The second-order valence-corrected chi connectivity index (χ2v) is 7.44. The number of hydrogen-bond donors (Lipinski definition) is 0. The van der Waals surface area contributed by atoms with Crippen molar-refractivity contribution in [3.63, 3.8) is 0 Å². The van der Waals surface area contributed by atoms with E-state index in [0.717, 1.165) is 6.42 Å². The average Bonchev–Trinajstić information content (AvgIpc) is 2.68. The van der Waals surface area contributed by atoms with Gasteiger partial charge in [0.15, 0.2) is 10.9 Å². The van der Waals surface area contributed by atoms with Crippen molar-refractivity contribution >= 4 is 28.4 Å². The Balaban J connectivity index is 1.91. The zero-order valence-corrected chi connectivity index (χ0v) is 16.0. The summed E-state index contributed by atoms with van der Waals surface area (Å²) >= 11 is 1.34. The molecule has 3 rings (SSSR count). The number of fused-ring (bicyclic) bond motifs is 1. The molecule has 0 amide bonds. The highest BCUT2D eigenvalue weighted by Gasteiger charge is 2.20. The molecule has 1 aromatic heterocycles. The van der Waals surface area contributed by atoms with Crippen molar-refractivity contribution in [3.05, 3.63) is 70.0 Å². The van der Waals surface area contributed by atoms with Gasteiger partial charge in [0.2, 0.25) is 0 Å². The molecule has 0 aliphatic carbocycles. The zero-order valence-electron chi connectivity index (χ0n) is 15.2. The minimum absolute atomic E-state index is 0.0442. The Morgan fingerprint density at radius 3 is 2.46 bits per heavy atom. The van der Waals surface area contributed by atoms with Crippen molar-refractivity contribution in [1.29, 1.82) is 0 Å². The molecule has 5 heteroatoms. The van der Waals surface area contributed by atoms with Gasteiger partial charge >= 0.3 is 0 Å². The van der Waals surface area contributed by atoms with E-state index in [1.165, 1.54) is 17.3 Å². The minimum atomic E-state index is -0.326. The van der Waals surface area contributed by atoms with Gasteiger partial charge in [0.1, 0.15) is 0 Å². The standard InChI is InChI=1S/C21H22N2O2S/c1-4-15-10-12-16(13-11-15)19(24)14(3)26-21-22-18-9-7-6-8-17(18)20(25)23(21)5-2/h6-14H,4-5H2,1-3H3/t14-/m1/s1. The molecule has 1 atom stereocenters. The molecular formula is C21H22N2O2S. The Kier molecular flexibility index (Phi) is 5.57. The topological polar surface area (TPSA) is 52.0 Å². The average molecular weight is 366 g/mol. The van der Waals surface area contributed by atoms with Crippen LogP contribution in [0.2, 0.25) is 0 Å². The molecule has 0 fully saturated rings. The monoisotopic (exact) mass is 366 g/mol. The van der Waals surface area contributed by atoms with Crippen molar-refractivity contribution in [3.8, 4) is 0 Å². The molecule has 2 aromatic carbocycles. The Morgan fingerprint density at radius 1 is 1.12 bits per heavy atom. The maximum Gasteiger partial charge on any atom is 0.262 e. The summed E-state index contributed by atoms with van der Waals surface area (Å²) in [7, 11) is 0. The number of carbonyl (C=O) groups is 1. The number of aromatic nitrogens is 2. The van der Waals surface area contributed by atoms with Gasteiger partial charge < -0.3 is 0 Å². The van der Waals surface area contributed by atoms with Crippen LogP contribution in [0.15, 0.2) is 58.5 Å². The fraction of sp³-hybridized carbons (Fsp3) is 0.286. The first-order valence-corrected chi connectivity index (χ1v) is 9.72. The van der Waals surface area contributed by atoms with E-state index in [1.54, 1.807) is 10.6 Å². The predicted molar refractivity (Wildman–Crippen MR) is 107 cm³/mol. The molecule has 0 aliphatic rings. The first-order chi connectivity index (χ1) is 12.5. The van der Waals surface area contributed by atoms with E-state index >= 15 is 0 Å². The van der Waals surface area contributed by atoms with Gasteiger partial charge in [-0.3, -0.25) is 14.2 Å². The van der Waals surface area contributed by atoms with Gasteiger partial charge in [-0.2, -0.15) is 0 Å². The van der Waals surface area contributed by atoms with E-state index in [9.17, 15) is 9.59 Å². The number of para-hydroxylation sites is 1. The number of Topliss-reactive ketones (excluding diaryl/α,β-unsaturated/α-hetero) is 1. The molecular weight excluding hydrogens is 344 g/mol. The summed E-state index contributed by atoms with van der Waals surface area (Å²) < 4.78 is 1.64. The largest absolute Gasteiger partial charge is 0.293 e. The lowest BCUT2D eigenvalue weighted by Gasteiger charge is -2.15. The van der Waals surface area contributed by atoms with Crippen LogP contribution < -0.4 is 5.56 Å². The quantitative estimate of drug-likeness (QED) is 0.370. The Bertz CT molecular complexity index is 993. The highest BCUT2D eigenvalue weighted by atomic mass is 32.2. The molecule has 0 unspecified atom stereocenters. The van der Waals surface area contributed by atoms with Crippen molar-refractivity contribution < 1.29 is 4.79 Å². The molecule has 0 N–H and O–H groups in total. The third-order valence-electron chi connectivity index (χ3n) is 4.44. The number of hydrogen-bond acceptors (Lipinski definition) is 4. The maximum absolute atomic E-state index is 12.8. The molecule has 0 saturated carbocycles. The smallest absolute Gasteiger partial charge is 0.262 e. The van der Waals surface area contributed by atoms with Crippen LogP contribution in [0.3, 0.4) is 0 Å². The Labute approximate surface area is 157 Å². The Morgan fingerprint density at radius 2 is 1.81 bits per heavy atom. The summed E-state index contributed by atoms with van der Waals surface area (Å²) in [6.07, 6.45) is 0.947. The molecule has 0 aliphatic heterocycles. The van der Waals surface area contributed by atoms with Crippen LogP contribution in [0.1, 0.15) is 36.7 Å². The number of thioether (sulfide) groups is 1. The number of nitrogens with zero attached hydrogens (tertiary/aromatic N) is 2. The second kappa shape index (κ2) is 7.87. The lowest BCUT2D eigenvalue weighted by molar-refractivity contribution is 0.0994. The van der Waals surface area contributed by atoms with E-state index in [2.05, 4.69) is 11.9 Å². The number of aryl methyl sites for hydroxylation is 1. The number of ketones is 1. The summed E-state index contributed by atoms with van der Waals surface area (Å²) in [5, 5.41) is 0.864. The van der Waals surface area contributed by atoms with Crippen LogP contribution in [0, 0.1) is 0 Å². The zero-order chi connectivity index (χ0) is 18.7. The van der Waals surface area contributed by atoms with Crippen LogP contribution in [0.5, 0.6) is 0 Å². The molecule has 0 radical (unpaired) electrons. The van der Waals surface area contributed by atoms with Crippen LogP contribution >= 0.6 is 11.8 Å².